The maximum atomic E-state index is 13.2. The Hall–Kier alpha value is -1.65. The van der Waals surface area contributed by atoms with E-state index in [1.165, 1.54) is 6.07 Å². The van der Waals surface area contributed by atoms with Crippen LogP contribution in [-0.2, 0) is 4.79 Å². The third-order valence-corrected chi connectivity index (χ3v) is 5.32. The van der Waals surface area contributed by atoms with E-state index in [4.69, 9.17) is 4.74 Å². The Morgan fingerprint density at radius 3 is 2.69 bits per heavy atom. The van der Waals surface area contributed by atoms with Crippen molar-refractivity contribution in [3.8, 4) is 5.75 Å². The van der Waals surface area contributed by atoms with Crippen LogP contribution in [0.5, 0.6) is 5.75 Å². The molecule has 1 aliphatic carbocycles. The molecule has 1 atom stereocenters. The van der Waals surface area contributed by atoms with Gasteiger partial charge in [-0.25, -0.2) is 8.78 Å². The number of carbonyl (C=O) groups is 1. The molecule has 9 heteroatoms. The molecule has 1 unspecified atom stereocenters. The maximum Gasteiger partial charge on any atom is 0.225 e. The molecule has 0 aromatic heterocycles. The molecular weight excluding hydrogens is 493 g/mol. The lowest BCUT2D eigenvalue weighted by Crippen LogP contribution is -2.46. The second-order valence-electron chi connectivity index (χ2n) is 7.32. The van der Waals surface area contributed by atoms with Crippen LogP contribution >= 0.6 is 24.0 Å². The van der Waals surface area contributed by atoms with Gasteiger partial charge in [-0.05, 0) is 31.4 Å². The minimum atomic E-state index is -0.930. The van der Waals surface area contributed by atoms with Crippen LogP contribution in [0.1, 0.15) is 32.1 Å². The number of ether oxygens (including phenoxy) is 1. The van der Waals surface area contributed by atoms with Gasteiger partial charge in [0.25, 0.3) is 0 Å². The van der Waals surface area contributed by atoms with Gasteiger partial charge in [-0.1, -0.05) is 12.8 Å². The van der Waals surface area contributed by atoms with E-state index >= 15 is 0 Å². The normalized spacial score (nSPS) is 19.8. The minimum Gasteiger partial charge on any atom is -0.492 e. The standard InChI is InChI=1S/C20H28F2N4O2.HI/c1-23-20(24-9-11-28-16-6-7-17(21)18(22)12-16)25-15-8-10-26(13-15)19(27)14-4-2-3-5-14;/h6-7,12,14-15H,2-5,8-11,13H2,1H3,(H2,23,24,25);1H. The van der Waals surface area contributed by atoms with E-state index < -0.39 is 11.6 Å². The summed E-state index contributed by atoms with van der Waals surface area (Å²) in [6.45, 7) is 2.21. The minimum absolute atomic E-state index is 0. The summed E-state index contributed by atoms with van der Waals surface area (Å²) in [7, 11) is 1.68. The fourth-order valence-corrected chi connectivity index (χ4v) is 3.80. The highest BCUT2D eigenvalue weighted by Crippen LogP contribution is 2.27. The molecule has 1 heterocycles. The van der Waals surface area contributed by atoms with E-state index in [-0.39, 0.29) is 48.3 Å². The molecule has 2 N–H and O–H groups in total. The first-order chi connectivity index (χ1) is 13.6. The van der Waals surface area contributed by atoms with Crippen LogP contribution in [0.4, 0.5) is 8.78 Å². The second-order valence-corrected chi connectivity index (χ2v) is 7.32. The molecule has 29 heavy (non-hydrogen) atoms. The average Bonchev–Trinajstić information content (AvgIpc) is 3.38. The first-order valence-electron chi connectivity index (χ1n) is 9.90. The van der Waals surface area contributed by atoms with Gasteiger partial charge in [0.15, 0.2) is 17.6 Å². The van der Waals surface area contributed by atoms with Crippen LogP contribution in [0.3, 0.4) is 0 Å². The van der Waals surface area contributed by atoms with Crippen molar-refractivity contribution in [2.45, 2.75) is 38.1 Å². The van der Waals surface area contributed by atoms with E-state index in [2.05, 4.69) is 15.6 Å². The predicted octanol–water partition coefficient (Wildman–Crippen LogP) is 2.92. The molecule has 0 radical (unpaired) electrons. The molecule has 1 aromatic carbocycles. The zero-order valence-corrected chi connectivity index (χ0v) is 19.0. The third kappa shape index (κ3) is 6.68. The molecule has 1 saturated heterocycles. The Morgan fingerprint density at radius 2 is 2.00 bits per heavy atom. The van der Waals surface area contributed by atoms with Crippen molar-refractivity contribution in [2.24, 2.45) is 10.9 Å². The number of nitrogens with one attached hydrogen (secondary N) is 2. The summed E-state index contributed by atoms with van der Waals surface area (Å²) < 4.78 is 31.5. The fraction of sp³-hybridized carbons (Fsp3) is 0.600. The molecule has 162 valence electrons. The summed E-state index contributed by atoms with van der Waals surface area (Å²) in [5.41, 5.74) is 0. The number of amides is 1. The number of guanidine groups is 1. The third-order valence-electron chi connectivity index (χ3n) is 5.32. The van der Waals surface area contributed by atoms with Crippen molar-refractivity contribution < 1.29 is 18.3 Å². The van der Waals surface area contributed by atoms with E-state index in [9.17, 15) is 13.6 Å². The topological polar surface area (TPSA) is 66.0 Å². The quantitative estimate of drug-likeness (QED) is 0.261. The van der Waals surface area contributed by atoms with Crippen molar-refractivity contribution >= 4 is 35.8 Å². The summed E-state index contributed by atoms with van der Waals surface area (Å²) in [5.74, 6) is -0.406. The highest BCUT2D eigenvalue weighted by atomic mass is 127. The molecule has 1 amide bonds. The van der Waals surface area contributed by atoms with Crippen LogP contribution in [0.15, 0.2) is 23.2 Å². The molecule has 2 aliphatic rings. The molecule has 0 spiro atoms. The summed E-state index contributed by atoms with van der Waals surface area (Å²) in [4.78, 5) is 18.7. The average molecular weight is 522 g/mol. The van der Waals surface area contributed by atoms with Gasteiger partial charge in [-0.3, -0.25) is 9.79 Å². The molecule has 1 aliphatic heterocycles. The largest absolute Gasteiger partial charge is 0.492 e. The number of rotatable bonds is 6. The van der Waals surface area contributed by atoms with E-state index in [1.807, 2.05) is 4.90 Å². The smallest absolute Gasteiger partial charge is 0.225 e. The monoisotopic (exact) mass is 522 g/mol. The van der Waals surface area contributed by atoms with Crippen LogP contribution < -0.4 is 15.4 Å². The molecular formula is C20H29F2IN4O2. The lowest BCUT2D eigenvalue weighted by atomic mass is 10.1. The van der Waals surface area contributed by atoms with Crippen molar-refractivity contribution in [2.75, 3.05) is 33.3 Å². The van der Waals surface area contributed by atoms with Gasteiger partial charge in [-0.15, -0.1) is 24.0 Å². The van der Waals surface area contributed by atoms with Crippen molar-refractivity contribution in [3.05, 3.63) is 29.8 Å². The number of hydrogen-bond acceptors (Lipinski definition) is 3. The number of carbonyl (C=O) groups excluding carboxylic acids is 1. The van der Waals surface area contributed by atoms with Crippen molar-refractivity contribution in [1.82, 2.24) is 15.5 Å². The number of likely N-dealkylation sites (tertiary alicyclic amines) is 1. The van der Waals surface area contributed by atoms with Crippen LogP contribution in [-0.4, -0.2) is 56.1 Å². The first-order valence-corrected chi connectivity index (χ1v) is 9.90. The SMILES string of the molecule is CN=C(NCCOc1ccc(F)c(F)c1)NC1CCN(C(=O)C2CCCC2)C1.I. The zero-order chi connectivity index (χ0) is 19.9. The number of halogens is 3. The van der Waals surface area contributed by atoms with Crippen molar-refractivity contribution in [1.29, 1.82) is 0 Å². The maximum absolute atomic E-state index is 13.2. The highest BCUT2D eigenvalue weighted by molar-refractivity contribution is 14.0. The molecule has 1 saturated carbocycles. The lowest BCUT2D eigenvalue weighted by Gasteiger charge is -2.21. The molecule has 3 rings (SSSR count). The molecule has 6 nitrogen and oxygen atoms in total. The summed E-state index contributed by atoms with van der Waals surface area (Å²) in [5, 5.41) is 6.47. The van der Waals surface area contributed by atoms with E-state index in [1.54, 1.807) is 7.05 Å². The summed E-state index contributed by atoms with van der Waals surface area (Å²) in [6, 6.07) is 3.62. The Balaban J connectivity index is 0.00000300. The van der Waals surface area contributed by atoms with E-state index in [0.29, 0.717) is 25.0 Å². The van der Waals surface area contributed by atoms with Crippen molar-refractivity contribution in [3.63, 3.8) is 0 Å². The first kappa shape index (κ1) is 23.6. The van der Waals surface area contributed by atoms with Crippen LogP contribution in [0.25, 0.3) is 0 Å². The number of aliphatic imine (C=N–C) groups is 1. The predicted molar refractivity (Wildman–Crippen MR) is 119 cm³/mol. The Labute approximate surface area is 187 Å². The second kappa shape index (κ2) is 11.5. The lowest BCUT2D eigenvalue weighted by molar-refractivity contribution is -0.134. The van der Waals surface area contributed by atoms with Gasteiger partial charge in [-0.2, -0.15) is 0 Å². The van der Waals surface area contributed by atoms with E-state index in [0.717, 1.165) is 50.8 Å². The Morgan fingerprint density at radius 1 is 1.24 bits per heavy atom. The Kier molecular flexibility index (Phi) is 9.38. The van der Waals surface area contributed by atoms with Gasteiger partial charge in [0.05, 0.1) is 6.54 Å². The zero-order valence-electron chi connectivity index (χ0n) is 16.6. The number of nitrogens with zero attached hydrogens (tertiary/aromatic N) is 2. The van der Waals surface area contributed by atoms with Gasteiger partial charge in [0.1, 0.15) is 12.4 Å². The van der Waals surface area contributed by atoms with Gasteiger partial charge >= 0.3 is 0 Å². The Bertz CT molecular complexity index is 714. The highest BCUT2D eigenvalue weighted by Gasteiger charge is 2.32. The van der Waals surface area contributed by atoms with Gasteiger partial charge in [0, 0.05) is 38.2 Å². The summed E-state index contributed by atoms with van der Waals surface area (Å²) in [6.07, 6.45) is 5.26. The fourth-order valence-electron chi connectivity index (χ4n) is 3.80. The van der Waals surface area contributed by atoms with Gasteiger partial charge < -0.3 is 20.3 Å². The van der Waals surface area contributed by atoms with Crippen LogP contribution in [0, 0.1) is 17.6 Å². The molecule has 2 fully saturated rings. The summed E-state index contributed by atoms with van der Waals surface area (Å²) >= 11 is 0. The molecule has 0 bridgehead atoms. The van der Waals surface area contributed by atoms with Crippen LogP contribution in [0.2, 0.25) is 0 Å². The van der Waals surface area contributed by atoms with Gasteiger partial charge in [0.2, 0.25) is 5.91 Å². The number of benzene rings is 1. The molecule has 1 aromatic rings. The number of hydrogen-bond donors (Lipinski definition) is 2.